The van der Waals surface area contributed by atoms with Gasteiger partial charge in [0.1, 0.15) is 11.4 Å². The summed E-state index contributed by atoms with van der Waals surface area (Å²) in [4.78, 5) is 13.2. The number of aliphatic hydroxyl groups excluding tert-OH is 2. The van der Waals surface area contributed by atoms with E-state index < -0.39 is 24.6 Å². The van der Waals surface area contributed by atoms with Crippen molar-refractivity contribution >= 4 is 11.7 Å². The Kier molecular flexibility index (Phi) is 8.89. The van der Waals surface area contributed by atoms with Crippen LogP contribution in [0.4, 0.5) is 5.69 Å². The van der Waals surface area contributed by atoms with Crippen LogP contribution < -0.4 is 44.3 Å². The molecule has 0 aliphatic carbocycles. The SMILES string of the molecule is CC1(C)Cc2cc(N3Cc4ccccc4C3)c(C(C)(C)C)c(CCC(O)CC(O)CC(=O)[O-])c2O1.[Na+]. The predicted octanol–water partition coefficient (Wildman–Crippen LogP) is 0.406. The maximum Gasteiger partial charge on any atom is 1.00 e. The summed E-state index contributed by atoms with van der Waals surface area (Å²) in [5, 5.41) is 31.4. The van der Waals surface area contributed by atoms with Crippen LogP contribution in [0.15, 0.2) is 30.3 Å². The van der Waals surface area contributed by atoms with E-state index in [-0.39, 0.29) is 47.0 Å². The van der Waals surface area contributed by atoms with Crippen LogP contribution >= 0.6 is 0 Å². The number of aliphatic carboxylic acids is 1. The molecule has 0 fully saturated rings. The quantitative estimate of drug-likeness (QED) is 0.507. The third kappa shape index (κ3) is 6.46. The molecule has 0 spiro atoms. The Morgan fingerprint density at radius 3 is 2.28 bits per heavy atom. The molecule has 7 heteroatoms. The third-order valence-electron chi connectivity index (χ3n) is 7.03. The van der Waals surface area contributed by atoms with Crippen molar-refractivity contribution in [2.75, 3.05) is 4.90 Å². The number of fused-ring (bicyclic) bond motifs is 2. The number of rotatable bonds is 8. The van der Waals surface area contributed by atoms with E-state index in [1.807, 2.05) is 0 Å². The van der Waals surface area contributed by atoms with Crippen LogP contribution in [0.2, 0.25) is 0 Å². The van der Waals surface area contributed by atoms with Crippen LogP contribution in [0.5, 0.6) is 5.75 Å². The average molecular weight is 504 g/mol. The summed E-state index contributed by atoms with van der Waals surface area (Å²) in [5.41, 5.74) is 6.98. The maximum atomic E-state index is 10.8. The van der Waals surface area contributed by atoms with Crippen molar-refractivity contribution in [3.63, 3.8) is 0 Å². The molecule has 0 radical (unpaired) electrons. The maximum absolute atomic E-state index is 10.8. The fourth-order valence-corrected chi connectivity index (χ4v) is 5.64. The molecule has 0 aromatic heterocycles. The van der Waals surface area contributed by atoms with Crippen molar-refractivity contribution in [1.82, 2.24) is 0 Å². The van der Waals surface area contributed by atoms with Crippen LogP contribution in [-0.2, 0) is 36.1 Å². The van der Waals surface area contributed by atoms with Crippen LogP contribution in [0.1, 0.15) is 81.7 Å². The summed E-state index contributed by atoms with van der Waals surface area (Å²) >= 11 is 0. The van der Waals surface area contributed by atoms with Gasteiger partial charge in [0.2, 0.25) is 0 Å². The molecule has 0 bridgehead atoms. The molecule has 4 rings (SSSR count). The van der Waals surface area contributed by atoms with Crippen LogP contribution in [-0.4, -0.2) is 34.0 Å². The zero-order chi connectivity index (χ0) is 25.5. The minimum absolute atomic E-state index is 0. The monoisotopic (exact) mass is 503 g/mol. The zero-order valence-electron chi connectivity index (χ0n) is 22.6. The van der Waals surface area contributed by atoms with Gasteiger partial charge in [0.25, 0.3) is 0 Å². The van der Waals surface area contributed by atoms with Crippen molar-refractivity contribution in [1.29, 1.82) is 0 Å². The van der Waals surface area contributed by atoms with E-state index in [4.69, 9.17) is 4.74 Å². The molecule has 0 saturated heterocycles. The van der Waals surface area contributed by atoms with Crippen molar-refractivity contribution < 1.29 is 54.4 Å². The summed E-state index contributed by atoms with van der Waals surface area (Å²) in [7, 11) is 0. The molecule has 2 unspecified atom stereocenters. The molecule has 2 heterocycles. The number of hydrogen-bond acceptors (Lipinski definition) is 6. The summed E-state index contributed by atoms with van der Waals surface area (Å²) in [6, 6.07) is 10.9. The Labute approximate surface area is 237 Å². The fourth-order valence-electron chi connectivity index (χ4n) is 5.64. The second-order valence-electron chi connectivity index (χ2n) is 11.8. The third-order valence-corrected chi connectivity index (χ3v) is 7.03. The average Bonchev–Trinajstić information content (AvgIpc) is 3.28. The van der Waals surface area contributed by atoms with Gasteiger partial charge in [-0.3, -0.25) is 0 Å². The molecule has 0 amide bonds. The summed E-state index contributed by atoms with van der Waals surface area (Å²) in [5.74, 6) is -0.393. The number of carboxylic acid groups (broad SMARTS) is 1. The van der Waals surface area contributed by atoms with Crippen molar-refractivity contribution in [3.8, 4) is 5.75 Å². The van der Waals surface area contributed by atoms with Gasteiger partial charge in [-0.15, -0.1) is 0 Å². The van der Waals surface area contributed by atoms with Crippen LogP contribution in [0, 0.1) is 0 Å². The Morgan fingerprint density at radius 1 is 1.11 bits per heavy atom. The second-order valence-corrected chi connectivity index (χ2v) is 11.8. The molecular weight excluding hydrogens is 465 g/mol. The van der Waals surface area contributed by atoms with Gasteiger partial charge in [-0.05, 0) is 61.3 Å². The number of carbonyl (C=O) groups is 1. The molecule has 2 aliphatic heterocycles. The Bertz CT molecular complexity index is 1080. The molecule has 190 valence electrons. The first-order valence-electron chi connectivity index (χ1n) is 12.6. The van der Waals surface area contributed by atoms with Gasteiger partial charge in [0.05, 0.1) is 12.2 Å². The smallest absolute Gasteiger partial charge is 0.550 e. The van der Waals surface area contributed by atoms with Gasteiger partial charge >= 0.3 is 29.6 Å². The topological polar surface area (TPSA) is 93.1 Å². The van der Waals surface area contributed by atoms with Crippen LogP contribution in [0.25, 0.3) is 0 Å². The molecule has 0 saturated carbocycles. The molecule has 2 N–H and O–H groups in total. The fraction of sp³-hybridized carbons (Fsp3) is 0.552. The first-order chi connectivity index (χ1) is 16.3. The van der Waals surface area contributed by atoms with E-state index in [1.165, 1.54) is 27.9 Å². The van der Waals surface area contributed by atoms with Gasteiger partial charge in [-0.1, -0.05) is 45.0 Å². The molecule has 6 nitrogen and oxygen atoms in total. The zero-order valence-corrected chi connectivity index (χ0v) is 24.6. The number of aliphatic hydroxyl groups is 2. The normalized spacial score (nSPS) is 17.6. The van der Waals surface area contributed by atoms with Gasteiger partial charge in [0.15, 0.2) is 0 Å². The second kappa shape index (κ2) is 11.0. The van der Waals surface area contributed by atoms with Gasteiger partial charge in [-0.2, -0.15) is 0 Å². The van der Waals surface area contributed by atoms with E-state index in [1.54, 1.807) is 0 Å². The van der Waals surface area contributed by atoms with E-state index >= 15 is 0 Å². The molecular formula is C29H38NNaO5. The number of ether oxygens (including phenoxy) is 1. The van der Waals surface area contributed by atoms with Gasteiger partial charge in [0, 0.05) is 48.7 Å². The van der Waals surface area contributed by atoms with Crippen molar-refractivity contribution in [3.05, 3.63) is 58.1 Å². The first kappa shape index (κ1) is 29.0. The Balaban J connectivity index is 0.00000361. The van der Waals surface area contributed by atoms with Crippen molar-refractivity contribution in [2.24, 2.45) is 0 Å². The predicted molar refractivity (Wildman–Crippen MR) is 134 cm³/mol. The summed E-state index contributed by atoms with van der Waals surface area (Å²) in [6.45, 7) is 12.6. The minimum atomic E-state index is -1.31. The van der Waals surface area contributed by atoms with E-state index in [9.17, 15) is 20.1 Å². The van der Waals surface area contributed by atoms with E-state index in [0.717, 1.165) is 30.8 Å². The first-order valence-corrected chi connectivity index (χ1v) is 12.6. The molecule has 2 atom stereocenters. The minimum Gasteiger partial charge on any atom is -0.550 e. The summed E-state index contributed by atoms with van der Waals surface area (Å²) < 4.78 is 6.47. The number of carboxylic acids is 1. The van der Waals surface area contributed by atoms with Gasteiger partial charge < -0.3 is 29.8 Å². The van der Waals surface area contributed by atoms with E-state index in [2.05, 4.69) is 69.9 Å². The number of hydrogen-bond donors (Lipinski definition) is 2. The largest absolute Gasteiger partial charge is 1.00 e. The number of benzene rings is 2. The molecule has 2 aromatic rings. The van der Waals surface area contributed by atoms with Gasteiger partial charge in [-0.25, -0.2) is 0 Å². The molecule has 2 aliphatic rings. The van der Waals surface area contributed by atoms with E-state index in [0.29, 0.717) is 12.8 Å². The molecule has 36 heavy (non-hydrogen) atoms. The number of nitrogens with zero attached hydrogens (tertiary/aromatic N) is 1. The van der Waals surface area contributed by atoms with Crippen LogP contribution in [0.3, 0.4) is 0 Å². The number of carbonyl (C=O) groups excluding carboxylic acids is 1. The summed E-state index contributed by atoms with van der Waals surface area (Å²) in [6.07, 6.45) is -0.586. The number of anilines is 1. The van der Waals surface area contributed by atoms with Crippen molar-refractivity contribution in [2.45, 2.75) is 103 Å². The Hall–Kier alpha value is -1.57. The molecule has 2 aromatic carbocycles. The Morgan fingerprint density at radius 2 is 1.72 bits per heavy atom. The standard InChI is InChI=1S/C29H39NO5.Na/c1-28(2,3)26-23(11-10-21(31)13-22(32)14-25(33)34)27-20(15-29(4,5)35-27)12-24(26)30-16-18-8-6-7-9-19(18)17-30;/h6-9,12,21-22,31-32H,10-11,13-17H2,1-5H3,(H,33,34);/q;+1/p-1.